The van der Waals surface area contributed by atoms with Crippen LogP contribution in [0, 0.1) is 11.8 Å². The third-order valence-corrected chi connectivity index (χ3v) is 4.40. The lowest BCUT2D eigenvalue weighted by Crippen LogP contribution is -2.36. The summed E-state index contributed by atoms with van der Waals surface area (Å²) in [6, 6.07) is 3.74. The third-order valence-electron chi connectivity index (χ3n) is 4.02. The van der Waals surface area contributed by atoms with Gasteiger partial charge >= 0.3 is 6.09 Å². The molecule has 1 aromatic heterocycles. The molecule has 0 radical (unpaired) electrons. The van der Waals surface area contributed by atoms with Gasteiger partial charge in [-0.15, -0.1) is 0 Å². The highest BCUT2D eigenvalue weighted by molar-refractivity contribution is 6.32. The number of piperidine rings is 1. The van der Waals surface area contributed by atoms with Gasteiger partial charge in [0.15, 0.2) is 0 Å². The van der Waals surface area contributed by atoms with Gasteiger partial charge in [0.05, 0.1) is 0 Å². The van der Waals surface area contributed by atoms with E-state index in [1.807, 2.05) is 32.9 Å². The van der Waals surface area contributed by atoms with Gasteiger partial charge in [-0.25, -0.2) is 9.78 Å². The van der Waals surface area contributed by atoms with E-state index >= 15 is 0 Å². The largest absolute Gasteiger partial charge is 0.444 e. The number of fused-ring (bicyclic) bond motifs is 1. The van der Waals surface area contributed by atoms with E-state index in [-0.39, 0.29) is 6.09 Å². The molecular weight excluding hydrogens is 311 g/mol. The second-order valence-electron chi connectivity index (χ2n) is 6.78. The van der Waals surface area contributed by atoms with Crippen molar-refractivity contribution in [3.05, 3.63) is 28.0 Å². The molecule has 1 aliphatic heterocycles. The van der Waals surface area contributed by atoms with Crippen molar-refractivity contribution in [2.45, 2.75) is 32.3 Å². The summed E-state index contributed by atoms with van der Waals surface area (Å²) in [5, 5.41) is 0.845. The Bertz CT molecular complexity index is 553. The predicted octanol–water partition coefficient (Wildman–Crippen LogP) is 3.97. The van der Waals surface area contributed by atoms with E-state index in [1.165, 1.54) is 0 Å². The number of pyridine rings is 1. The number of ether oxygens (including phenoxy) is 1. The zero-order valence-electron chi connectivity index (χ0n) is 12.3. The van der Waals surface area contributed by atoms with Crippen LogP contribution >= 0.6 is 23.2 Å². The summed E-state index contributed by atoms with van der Waals surface area (Å²) in [6.45, 7) is 7.12. The summed E-state index contributed by atoms with van der Waals surface area (Å²) >= 11 is 11.9. The van der Waals surface area contributed by atoms with Crippen LogP contribution in [-0.2, 0) is 4.74 Å². The first kappa shape index (κ1) is 14.9. The molecule has 114 valence electrons. The fourth-order valence-electron chi connectivity index (χ4n) is 3.17. The molecule has 0 N–H and O–H groups in total. The molecule has 21 heavy (non-hydrogen) atoms. The molecule has 2 heterocycles. The lowest BCUT2D eigenvalue weighted by atomic mass is 10.1. The topological polar surface area (TPSA) is 42.4 Å². The summed E-state index contributed by atoms with van der Waals surface area (Å²) in [6.07, 6.45) is -0.223. The Labute approximate surface area is 134 Å². The number of rotatable bonds is 1. The molecule has 0 bridgehead atoms. The zero-order valence-corrected chi connectivity index (χ0v) is 13.8. The first-order valence-electron chi connectivity index (χ1n) is 7.05. The third kappa shape index (κ3) is 3.11. The summed E-state index contributed by atoms with van der Waals surface area (Å²) in [5.41, 5.74) is 0.675. The number of amides is 1. The predicted molar refractivity (Wildman–Crippen MR) is 81.8 cm³/mol. The molecule has 1 saturated carbocycles. The monoisotopic (exact) mass is 328 g/mol. The number of nitrogens with zero attached hydrogens (tertiary/aromatic N) is 2. The highest BCUT2D eigenvalue weighted by Gasteiger charge is 2.57. The van der Waals surface area contributed by atoms with Crippen molar-refractivity contribution in [2.75, 3.05) is 13.1 Å². The fourth-order valence-corrected chi connectivity index (χ4v) is 3.65. The van der Waals surface area contributed by atoms with Gasteiger partial charge in [0.2, 0.25) is 0 Å². The molecule has 1 aromatic rings. The first-order valence-corrected chi connectivity index (χ1v) is 7.81. The van der Waals surface area contributed by atoms with E-state index in [9.17, 15) is 4.79 Å². The SMILES string of the molecule is CC(C)(C)OC(=O)N1C[C@@H]2[C@H](C1)[C@H]2c1cc(Cl)nc(Cl)c1. The van der Waals surface area contributed by atoms with Crippen LogP contribution in [0.4, 0.5) is 4.79 Å². The highest BCUT2D eigenvalue weighted by Crippen LogP contribution is 2.58. The Kier molecular flexibility index (Phi) is 3.57. The van der Waals surface area contributed by atoms with Crippen molar-refractivity contribution in [1.82, 2.24) is 9.88 Å². The Morgan fingerprint density at radius 3 is 2.24 bits per heavy atom. The number of carbonyl (C=O) groups is 1. The maximum absolute atomic E-state index is 12.0. The molecule has 0 unspecified atom stereocenters. The number of hydrogen-bond donors (Lipinski definition) is 0. The van der Waals surface area contributed by atoms with Crippen molar-refractivity contribution in [3.63, 3.8) is 0 Å². The maximum atomic E-state index is 12.0. The summed E-state index contributed by atoms with van der Waals surface area (Å²) in [4.78, 5) is 17.8. The van der Waals surface area contributed by atoms with Crippen LogP contribution in [0.1, 0.15) is 32.3 Å². The van der Waals surface area contributed by atoms with Crippen LogP contribution < -0.4 is 0 Å². The van der Waals surface area contributed by atoms with Crippen molar-refractivity contribution < 1.29 is 9.53 Å². The minimum absolute atomic E-state index is 0.223. The molecule has 2 aliphatic rings. The van der Waals surface area contributed by atoms with Gasteiger partial charge < -0.3 is 9.64 Å². The van der Waals surface area contributed by atoms with E-state index in [4.69, 9.17) is 27.9 Å². The van der Waals surface area contributed by atoms with Gasteiger partial charge in [0, 0.05) is 13.1 Å². The number of likely N-dealkylation sites (tertiary alicyclic amines) is 1. The summed E-state index contributed by atoms with van der Waals surface area (Å²) in [5.74, 6) is 1.39. The van der Waals surface area contributed by atoms with Crippen LogP contribution in [-0.4, -0.2) is 34.7 Å². The molecule has 1 amide bonds. The van der Waals surface area contributed by atoms with Gasteiger partial charge in [-0.1, -0.05) is 23.2 Å². The van der Waals surface area contributed by atoms with Crippen molar-refractivity contribution in [1.29, 1.82) is 0 Å². The number of carbonyl (C=O) groups excluding carboxylic acids is 1. The quantitative estimate of drug-likeness (QED) is 0.732. The molecule has 2 fully saturated rings. The number of hydrogen-bond acceptors (Lipinski definition) is 3. The van der Waals surface area contributed by atoms with E-state index in [0.717, 1.165) is 18.7 Å². The molecule has 0 aromatic carbocycles. The van der Waals surface area contributed by atoms with Crippen LogP contribution in [0.25, 0.3) is 0 Å². The van der Waals surface area contributed by atoms with E-state index in [0.29, 0.717) is 28.1 Å². The van der Waals surface area contributed by atoms with Crippen LogP contribution in [0.2, 0.25) is 10.3 Å². The van der Waals surface area contributed by atoms with Crippen LogP contribution in [0.3, 0.4) is 0 Å². The molecule has 0 spiro atoms. The average molecular weight is 329 g/mol. The Morgan fingerprint density at radius 1 is 1.24 bits per heavy atom. The molecule has 3 rings (SSSR count). The van der Waals surface area contributed by atoms with Gasteiger partial charge in [-0.05, 0) is 56.2 Å². The molecule has 1 saturated heterocycles. The number of halogens is 2. The van der Waals surface area contributed by atoms with Gasteiger partial charge in [0.1, 0.15) is 15.9 Å². The van der Waals surface area contributed by atoms with Crippen LogP contribution in [0.15, 0.2) is 12.1 Å². The van der Waals surface area contributed by atoms with Crippen molar-refractivity contribution >= 4 is 29.3 Å². The van der Waals surface area contributed by atoms with Gasteiger partial charge in [-0.3, -0.25) is 0 Å². The van der Waals surface area contributed by atoms with E-state index < -0.39 is 5.60 Å². The minimum atomic E-state index is -0.449. The zero-order chi connectivity index (χ0) is 15.4. The van der Waals surface area contributed by atoms with Crippen molar-refractivity contribution in [2.24, 2.45) is 11.8 Å². The maximum Gasteiger partial charge on any atom is 0.410 e. The Morgan fingerprint density at radius 2 is 1.76 bits per heavy atom. The van der Waals surface area contributed by atoms with E-state index in [1.54, 1.807) is 4.90 Å². The molecule has 3 atom stereocenters. The van der Waals surface area contributed by atoms with Crippen molar-refractivity contribution in [3.8, 4) is 0 Å². The molecular formula is C15H18Cl2N2O2. The average Bonchev–Trinajstić information content (AvgIpc) is 2.81. The molecule has 1 aliphatic carbocycles. The number of aromatic nitrogens is 1. The van der Waals surface area contributed by atoms with E-state index in [2.05, 4.69) is 4.98 Å². The first-order chi connectivity index (χ1) is 9.74. The van der Waals surface area contributed by atoms with Gasteiger partial charge in [-0.2, -0.15) is 0 Å². The fraction of sp³-hybridized carbons (Fsp3) is 0.600. The summed E-state index contributed by atoms with van der Waals surface area (Å²) in [7, 11) is 0. The standard InChI is InChI=1S/C15H18Cl2N2O2/c1-15(2,3)21-14(20)19-6-9-10(7-19)13(9)8-4-11(16)18-12(17)5-8/h4-5,9-10,13H,6-7H2,1-3H3/t9-,10+,13+. The molecule has 4 nitrogen and oxygen atoms in total. The smallest absolute Gasteiger partial charge is 0.410 e. The lowest BCUT2D eigenvalue weighted by molar-refractivity contribution is 0.0271. The molecule has 6 heteroatoms. The lowest BCUT2D eigenvalue weighted by Gasteiger charge is -2.26. The normalized spacial score (nSPS) is 27.5. The van der Waals surface area contributed by atoms with Crippen LogP contribution in [0.5, 0.6) is 0 Å². The Balaban J connectivity index is 1.62. The second kappa shape index (κ2) is 5.03. The van der Waals surface area contributed by atoms with Gasteiger partial charge in [0.25, 0.3) is 0 Å². The Hall–Kier alpha value is -1.00. The summed E-state index contributed by atoms with van der Waals surface area (Å²) < 4.78 is 5.40. The highest BCUT2D eigenvalue weighted by atomic mass is 35.5. The minimum Gasteiger partial charge on any atom is -0.444 e. The second-order valence-corrected chi connectivity index (χ2v) is 7.56.